The third-order valence-electron chi connectivity index (χ3n) is 1.34. The molecule has 0 radical (unpaired) electrons. The highest BCUT2D eigenvalue weighted by atomic mass is 19.1. The Hall–Kier alpha value is -1.39. The molecule has 0 saturated heterocycles. The van der Waals surface area contributed by atoms with Crippen molar-refractivity contribution in [3.05, 3.63) is 11.6 Å². The van der Waals surface area contributed by atoms with Crippen LogP contribution < -0.4 is 9.47 Å². The molecular weight excluding hydrogens is 163 g/mol. The average molecular weight is 172 g/mol. The van der Waals surface area contributed by atoms with Crippen LogP contribution in [0.5, 0.6) is 11.8 Å². The molecule has 1 heterocycles. The summed E-state index contributed by atoms with van der Waals surface area (Å²) in [4.78, 5) is 7.26. The second-order valence-corrected chi connectivity index (χ2v) is 2.12. The highest BCUT2D eigenvalue weighted by Crippen LogP contribution is 2.21. The molecule has 5 heteroatoms. The molecule has 1 rings (SSSR count). The molecule has 0 fully saturated rings. The van der Waals surface area contributed by atoms with Crippen LogP contribution in [0, 0.1) is 12.9 Å². The van der Waals surface area contributed by atoms with Crippen LogP contribution in [0.3, 0.4) is 0 Å². The van der Waals surface area contributed by atoms with Gasteiger partial charge >= 0.3 is 0 Å². The Kier molecular flexibility index (Phi) is 2.42. The summed E-state index contributed by atoms with van der Waals surface area (Å²) in [5.74, 6) is -0.398. The first-order valence-electron chi connectivity index (χ1n) is 3.31. The normalized spacial score (nSPS) is 9.67. The maximum atomic E-state index is 12.8. The van der Waals surface area contributed by atoms with E-state index in [0.717, 1.165) is 0 Å². The van der Waals surface area contributed by atoms with E-state index in [4.69, 9.17) is 9.47 Å². The van der Waals surface area contributed by atoms with Gasteiger partial charge in [0.15, 0.2) is 0 Å². The topological polar surface area (TPSA) is 44.2 Å². The second kappa shape index (κ2) is 3.34. The van der Waals surface area contributed by atoms with Crippen molar-refractivity contribution in [2.75, 3.05) is 14.2 Å². The molecule has 66 valence electrons. The first-order valence-corrected chi connectivity index (χ1v) is 3.31. The van der Waals surface area contributed by atoms with Gasteiger partial charge in [0.05, 0.1) is 19.9 Å². The van der Waals surface area contributed by atoms with E-state index in [9.17, 15) is 4.39 Å². The molecule has 0 unspecified atom stereocenters. The van der Waals surface area contributed by atoms with Crippen molar-refractivity contribution < 1.29 is 13.9 Å². The Balaban J connectivity index is 3.19. The highest BCUT2D eigenvalue weighted by molar-refractivity contribution is 5.26. The van der Waals surface area contributed by atoms with Gasteiger partial charge < -0.3 is 9.47 Å². The van der Waals surface area contributed by atoms with Crippen molar-refractivity contribution in [3.63, 3.8) is 0 Å². The number of rotatable bonds is 2. The molecule has 0 aliphatic rings. The van der Waals surface area contributed by atoms with Crippen LogP contribution in [-0.4, -0.2) is 24.2 Å². The van der Waals surface area contributed by atoms with Crippen molar-refractivity contribution in [1.29, 1.82) is 0 Å². The van der Waals surface area contributed by atoms with E-state index in [1.165, 1.54) is 21.1 Å². The van der Waals surface area contributed by atoms with E-state index in [1.54, 1.807) is 0 Å². The Morgan fingerprint density at radius 2 is 1.58 bits per heavy atom. The van der Waals surface area contributed by atoms with Crippen molar-refractivity contribution in [3.8, 4) is 11.8 Å². The standard InChI is InChI=1S/C7H9FN2O2/c1-4-5(8)10-7(12-3)6(9-4)11-2/h1-3H3. The van der Waals surface area contributed by atoms with E-state index in [-0.39, 0.29) is 17.5 Å². The lowest BCUT2D eigenvalue weighted by atomic mass is 10.5. The van der Waals surface area contributed by atoms with Gasteiger partial charge in [0.2, 0.25) is 5.95 Å². The number of ether oxygens (including phenoxy) is 2. The summed E-state index contributed by atoms with van der Waals surface area (Å²) in [5, 5.41) is 0. The fourth-order valence-electron chi connectivity index (χ4n) is 0.730. The predicted molar refractivity (Wildman–Crippen MR) is 39.8 cm³/mol. The summed E-state index contributed by atoms with van der Waals surface area (Å²) < 4.78 is 22.3. The molecule has 0 N–H and O–H groups in total. The monoisotopic (exact) mass is 172 g/mol. The fourth-order valence-corrected chi connectivity index (χ4v) is 0.730. The van der Waals surface area contributed by atoms with E-state index >= 15 is 0 Å². The Morgan fingerprint density at radius 3 is 2.08 bits per heavy atom. The lowest BCUT2D eigenvalue weighted by Crippen LogP contribution is -2.01. The summed E-state index contributed by atoms with van der Waals surface area (Å²) in [6.07, 6.45) is 0. The van der Waals surface area contributed by atoms with Gasteiger partial charge in [-0.1, -0.05) is 0 Å². The van der Waals surface area contributed by atoms with Gasteiger partial charge in [0, 0.05) is 0 Å². The number of aryl methyl sites for hydroxylation is 1. The summed E-state index contributed by atoms with van der Waals surface area (Å²) in [5.41, 5.74) is 0.188. The van der Waals surface area contributed by atoms with Crippen LogP contribution in [0.15, 0.2) is 0 Å². The molecule has 1 aromatic rings. The van der Waals surface area contributed by atoms with E-state index < -0.39 is 5.95 Å². The van der Waals surface area contributed by atoms with Crippen LogP contribution in [0.4, 0.5) is 4.39 Å². The molecule has 0 saturated carbocycles. The second-order valence-electron chi connectivity index (χ2n) is 2.12. The van der Waals surface area contributed by atoms with Gasteiger partial charge in [0.25, 0.3) is 11.8 Å². The summed E-state index contributed by atoms with van der Waals surface area (Å²) in [6, 6.07) is 0. The van der Waals surface area contributed by atoms with Gasteiger partial charge in [0.1, 0.15) is 0 Å². The van der Waals surface area contributed by atoms with E-state index in [2.05, 4.69) is 9.97 Å². The van der Waals surface area contributed by atoms with Crippen LogP contribution in [0.2, 0.25) is 0 Å². The van der Waals surface area contributed by atoms with Gasteiger partial charge in [-0.05, 0) is 6.92 Å². The Labute approximate surface area is 69.4 Å². The summed E-state index contributed by atoms with van der Waals surface area (Å²) >= 11 is 0. The summed E-state index contributed by atoms with van der Waals surface area (Å²) in [7, 11) is 2.80. The molecule has 12 heavy (non-hydrogen) atoms. The molecule has 4 nitrogen and oxygen atoms in total. The predicted octanol–water partition coefficient (Wildman–Crippen LogP) is 0.941. The maximum Gasteiger partial charge on any atom is 0.280 e. The third kappa shape index (κ3) is 1.44. The van der Waals surface area contributed by atoms with Crippen LogP contribution >= 0.6 is 0 Å². The molecule has 0 spiro atoms. The van der Waals surface area contributed by atoms with E-state index in [1.807, 2.05) is 0 Å². The first kappa shape index (κ1) is 8.70. The Morgan fingerprint density at radius 1 is 1.08 bits per heavy atom. The molecule has 0 amide bonds. The minimum atomic E-state index is -0.646. The molecular formula is C7H9FN2O2. The van der Waals surface area contributed by atoms with Crippen LogP contribution in [0.25, 0.3) is 0 Å². The molecule has 0 aromatic carbocycles. The summed E-state index contributed by atoms with van der Waals surface area (Å²) in [6.45, 7) is 1.50. The third-order valence-corrected chi connectivity index (χ3v) is 1.34. The van der Waals surface area contributed by atoms with Gasteiger partial charge in [-0.25, -0.2) is 4.98 Å². The van der Waals surface area contributed by atoms with Gasteiger partial charge in [-0.2, -0.15) is 9.37 Å². The number of hydrogen-bond donors (Lipinski definition) is 0. The lowest BCUT2D eigenvalue weighted by molar-refractivity contribution is 0.322. The highest BCUT2D eigenvalue weighted by Gasteiger charge is 2.10. The van der Waals surface area contributed by atoms with Crippen LogP contribution in [0.1, 0.15) is 5.69 Å². The zero-order chi connectivity index (χ0) is 9.14. The van der Waals surface area contributed by atoms with Crippen LogP contribution in [-0.2, 0) is 0 Å². The van der Waals surface area contributed by atoms with Crippen molar-refractivity contribution >= 4 is 0 Å². The first-order chi connectivity index (χ1) is 5.69. The smallest absolute Gasteiger partial charge is 0.280 e. The Bertz CT molecular complexity index is 262. The lowest BCUT2D eigenvalue weighted by Gasteiger charge is -2.05. The van der Waals surface area contributed by atoms with Crippen molar-refractivity contribution in [2.24, 2.45) is 0 Å². The zero-order valence-electron chi connectivity index (χ0n) is 7.09. The van der Waals surface area contributed by atoms with Crippen molar-refractivity contribution in [1.82, 2.24) is 9.97 Å². The number of nitrogens with zero attached hydrogens (tertiary/aromatic N) is 2. The van der Waals surface area contributed by atoms with Gasteiger partial charge in [-0.3, -0.25) is 0 Å². The molecule has 0 bridgehead atoms. The number of hydrogen-bond acceptors (Lipinski definition) is 4. The minimum absolute atomic E-state index is 0.0561. The molecule has 0 aliphatic heterocycles. The quantitative estimate of drug-likeness (QED) is 0.666. The van der Waals surface area contributed by atoms with Crippen molar-refractivity contribution in [2.45, 2.75) is 6.92 Å². The minimum Gasteiger partial charge on any atom is -0.477 e. The number of methoxy groups -OCH3 is 2. The SMILES string of the molecule is COc1nc(C)c(F)nc1OC. The molecule has 0 aliphatic carbocycles. The molecule has 0 atom stereocenters. The van der Waals surface area contributed by atoms with Gasteiger partial charge in [-0.15, -0.1) is 0 Å². The fraction of sp³-hybridized carbons (Fsp3) is 0.429. The average Bonchev–Trinajstić information content (AvgIpc) is 2.09. The maximum absolute atomic E-state index is 12.8. The largest absolute Gasteiger partial charge is 0.477 e. The number of halogens is 1. The zero-order valence-corrected chi connectivity index (χ0v) is 7.09. The molecule has 1 aromatic heterocycles. The van der Waals surface area contributed by atoms with E-state index in [0.29, 0.717) is 0 Å². The number of aromatic nitrogens is 2.